The van der Waals surface area contributed by atoms with Crippen molar-refractivity contribution in [3.63, 3.8) is 0 Å². The normalized spacial score (nSPS) is 21.0. The Kier molecular flexibility index (Phi) is 7.02. The van der Waals surface area contributed by atoms with E-state index in [0.29, 0.717) is 23.8 Å². The number of rotatable bonds is 8. The molecule has 0 aromatic heterocycles. The first kappa shape index (κ1) is 22.2. The van der Waals surface area contributed by atoms with Crippen LogP contribution in [0.25, 0.3) is 0 Å². The van der Waals surface area contributed by atoms with E-state index in [2.05, 4.69) is 23.5 Å². The number of carbonyl (C=O) groups excluding carboxylic acids is 1. The standard InChI is InChI=1S/C22H35N3O3S/c1-5-18(6-2)22(24-11-7-8-12-24)15-23-29(27,28)20-9-10-21-19(14-20)13-16(3)25(21)17(4)26/h9-10,14,16,18,22-23H,5-8,11-13,15H2,1-4H3/t16-,22+/m1/s1. The molecule has 0 saturated carbocycles. The third kappa shape index (κ3) is 4.67. The quantitative estimate of drug-likeness (QED) is 0.700. The van der Waals surface area contributed by atoms with Crippen LogP contribution in [0.1, 0.15) is 58.9 Å². The lowest BCUT2D eigenvalue weighted by Gasteiger charge is -2.33. The van der Waals surface area contributed by atoms with E-state index in [1.807, 2.05) is 6.92 Å². The first-order valence-electron chi connectivity index (χ1n) is 10.9. The number of carbonyl (C=O) groups is 1. The molecule has 0 radical (unpaired) electrons. The van der Waals surface area contributed by atoms with Crippen molar-refractivity contribution in [2.45, 2.75) is 76.8 Å². The summed E-state index contributed by atoms with van der Waals surface area (Å²) >= 11 is 0. The van der Waals surface area contributed by atoms with Crippen LogP contribution in [0.5, 0.6) is 0 Å². The Labute approximate surface area is 175 Å². The van der Waals surface area contributed by atoms with Crippen molar-refractivity contribution in [1.82, 2.24) is 9.62 Å². The highest BCUT2D eigenvalue weighted by atomic mass is 32.2. The fourth-order valence-electron chi connectivity index (χ4n) is 5.03. The summed E-state index contributed by atoms with van der Waals surface area (Å²) in [6.07, 6.45) is 5.18. The van der Waals surface area contributed by atoms with Gasteiger partial charge in [0.05, 0.1) is 4.90 Å². The number of fused-ring (bicyclic) bond motifs is 1. The Bertz CT molecular complexity index is 828. The zero-order chi connectivity index (χ0) is 21.2. The first-order valence-corrected chi connectivity index (χ1v) is 12.4. The molecule has 1 aromatic rings. The van der Waals surface area contributed by atoms with E-state index in [9.17, 15) is 13.2 Å². The van der Waals surface area contributed by atoms with Crippen LogP contribution in [0.4, 0.5) is 5.69 Å². The largest absolute Gasteiger partial charge is 0.309 e. The van der Waals surface area contributed by atoms with E-state index >= 15 is 0 Å². The highest BCUT2D eigenvalue weighted by molar-refractivity contribution is 7.89. The Morgan fingerprint density at radius 2 is 1.86 bits per heavy atom. The van der Waals surface area contributed by atoms with Crippen molar-refractivity contribution in [3.05, 3.63) is 23.8 Å². The molecule has 0 aliphatic carbocycles. The molecule has 1 aromatic carbocycles. The van der Waals surface area contributed by atoms with Gasteiger partial charge in [-0.1, -0.05) is 26.7 Å². The van der Waals surface area contributed by atoms with Crippen molar-refractivity contribution in [1.29, 1.82) is 0 Å². The van der Waals surface area contributed by atoms with E-state index < -0.39 is 10.0 Å². The lowest BCUT2D eigenvalue weighted by molar-refractivity contribution is -0.116. The SMILES string of the molecule is CCC(CC)[C@H](CNS(=O)(=O)c1ccc2c(c1)C[C@@H](C)N2C(C)=O)N1CCCC1. The van der Waals surface area contributed by atoms with E-state index in [4.69, 9.17) is 0 Å². The van der Waals surface area contributed by atoms with E-state index in [0.717, 1.165) is 37.2 Å². The summed E-state index contributed by atoms with van der Waals surface area (Å²) < 4.78 is 29.0. The molecule has 29 heavy (non-hydrogen) atoms. The van der Waals surface area contributed by atoms with Gasteiger partial charge >= 0.3 is 0 Å². The van der Waals surface area contributed by atoms with Crippen molar-refractivity contribution < 1.29 is 13.2 Å². The zero-order valence-electron chi connectivity index (χ0n) is 18.1. The van der Waals surface area contributed by atoms with Crippen LogP contribution in [0.15, 0.2) is 23.1 Å². The minimum absolute atomic E-state index is 0.0105. The minimum atomic E-state index is -3.59. The van der Waals surface area contributed by atoms with Gasteiger partial charge < -0.3 is 4.90 Å². The smallest absolute Gasteiger partial charge is 0.240 e. The van der Waals surface area contributed by atoms with Gasteiger partial charge in [0.2, 0.25) is 15.9 Å². The number of amides is 1. The summed E-state index contributed by atoms with van der Waals surface area (Å²) in [4.78, 5) is 16.4. The van der Waals surface area contributed by atoms with Gasteiger partial charge in [-0.25, -0.2) is 13.1 Å². The second-order valence-corrected chi connectivity index (χ2v) is 10.2. The molecule has 3 rings (SSSR count). The lowest BCUT2D eigenvalue weighted by atomic mass is 9.93. The summed E-state index contributed by atoms with van der Waals surface area (Å²) in [5, 5.41) is 0. The predicted molar refractivity (Wildman–Crippen MR) is 117 cm³/mol. The van der Waals surface area contributed by atoms with Gasteiger partial charge in [-0.2, -0.15) is 0 Å². The van der Waals surface area contributed by atoms with Crippen LogP contribution in [0, 0.1) is 5.92 Å². The van der Waals surface area contributed by atoms with Crippen molar-refractivity contribution in [2.75, 3.05) is 24.5 Å². The molecule has 6 nitrogen and oxygen atoms in total. The molecule has 7 heteroatoms. The summed E-state index contributed by atoms with van der Waals surface area (Å²) in [7, 11) is -3.59. The molecule has 2 aliphatic heterocycles. The van der Waals surface area contributed by atoms with Gasteiger partial charge in [0.25, 0.3) is 0 Å². The molecule has 0 unspecified atom stereocenters. The summed E-state index contributed by atoms with van der Waals surface area (Å²) in [5.74, 6) is 0.476. The van der Waals surface area contributed by atoms with Crippen molar-refractivity contribution in [2.24, 2.45) is 5.92 Å². The summed E-state index contributed by atoms with van der Waals surface area (Å²) in [6.45, 7) is 10.5. The van der Waals surface area contributed by atoms with Crippen LogP contribution in [0.2, 0.25) is 0 Å². The number of nitrogens with zero attached hydrogens (tertiary/aromatic N) is 2. The number of likely N-dealkylation sites (tertiary alicyclic amines) is 1. The Balaban J connectivity index is 1.77. The maximum atomic E-state index is 13.0. The minimum Gasteiger partial charge on any atom is -0.309 e. The molecule has 2 atom stereocenters. The number of anilines is 1. The van der Waals surface area contributed by atoms with Crippen molar-refractivity contribution >= 4 is 21.6 Å². The summed E-state index contributed by atoms with van der Waals surface area (Å²) in [5.41, 5.74) is 1.75. The number of hydrogen-bond acceptors (Lipinski definition) is 4. The van der Waals surface area contributed by atoms with Crippen LogP contribution in [-0.4, -0.2) is 50.9 Å². The fourth-order valence-corrected chi connectivity index (χ4v) is 6.13. The second-order valence-electron chi connectivity index (χ2n) is 8.47. The number of sulfonamides is 1. The average molecular weight is 422 g/mol. The fraction of sp³-hybridized carbons (Fsp3) is 0.682. The Morgan fingerprint density at radius 3 is 2.45 bits per heavy atom. The molecule has 1 N–H and O–H groups in total. The maximum absolute atomic E-state index is 13.0. The first-order chi connectivity index (χ1) is 13.8. The molecule has 0 bridgehead atoms. The van der Waals surface area contributed by atoms with Gasteiger partial charge in [-0.05, 0) is 69.0 Å². The maximum Gasteiger partial charge on any atom is 0.240 e. The Morgan fingerprint density at radius 1 is 1.21 bits per heavy atom. The van der Waals surface area contributed by atoms with Gasteiger partial charge in [0.1, 0.15) is 0 Å². The number of benzene rings is 1. The van der Waals surface area contributed by atoms with Gasteiger partial charge in [-0.15, -0.1) is 0 Å². The lowest BCUT2D eigenvalue weighted by Crippen LogP contribution is -2.46. The molecular weight excluding hydrogens is 386 g/mol. The Hall–Kier alpha value is -1.44. The molecule has 0 spiro atoms. The molecule has 2 heterocycles. The van der Waals surface area contributed by atoms with Gasteiger partial charge in [0, 0.05) is 31.2 Å². The molecule has 1 amide bonds. The topological polar surface area (TPSA) is 69.7 Å². The number of hydrogen-bond donors (Lipinski definition) is 1. The second kappa shape index (κ2) is 9.14. The third-order valence-electron chi connectivity index (χ3n) is 6.60. The molecule has 162 valence electrons. The van der Waals surface area contributed by atoms with Gasteiger partial charge in [-0.3, -0.25) is 9.69 Å². The van der Waals surface area contributed by atoms with E-state index in [1.54, 1.807) is 30.0 Å². The third-order valence-corrected chi connectivity index (χ3v) is 8.02. The van der Waals surface area contributed by atoms with E-state index in [1.165, 1.54) is 12.8 Å². The van der Waals surface area contributed by atoms with Crippen LogP contribution < -0.4 is 9.62 Å². The zero-order valence-corrected chi connectivity index (χ0v) is 19.0. The highest BCUT2D eigenvalue weighted by Crippen LogP contribution is 2.34. The molecular formula is C22H35N3O3S. The average Bonchev–Trinajstić information content (AvgIpc) is 3.31. The van der Waals surface area contributed by atoms with E-state index in [-0.39, 0.29) is 18.0 Å². The van der Waals surface area contributed by atoms with Crippen molar-refractivity contribution in [3.8, 4) is 0 Å². The monoisotopic (exact) mass is 421 g/mol. The predicted octanol–water partition coefficient (Wildman–Crippen LogP) is 3.16. The highest BCUT2D eigenvalue weighted by Gasteiger charge is 2.32. The van der Waals surface area contributed by atoms with Gasteiger partial charge in [0.15, 0.2) is 0 Å². The molecule has 1 saturated heterocycles. The number of nitrogens with one attached hydrogen (secondary N) is 1. The van der Waals surface area contributed by atoms with Crippen LogP contribution >= 0.6 is 0 Å². The molecule has 1 fully saturated rings. The van der Waals surface area contributed by atoms with Crippen LogP contribution in [0.3, 0.4) is 0 Å². The summed E-state index contributed by atoms with van der Waals surface area (Å²) in [6, 6.07) is 5.43. The van der Waals surface area contributed by atoms with Crippen LogP contribution in [-0.2, 0) is 21.2 Å². The molecule has 2 aliphatic rings.